The first kappa shape index (κ1) is 16.2. The van der Waals surface area contributed by atoms with Gasteiger partial charge in [-0.1, -0.05) is 48.0 Å². The van der Waals surface area contributed by atoms with Crippen molar-refractivity contribution in [2.75, 3.05) is 5.75 Å². The summed E-state index contributed by atoms with van der Waals surface area (Å²) >= 11 is 7.68. The molecule has 0 aliphatic heterocycles. The Bertz CT molecular complexity index is 767. The van der Waals surface area contributed by atoms with Gasteiger partial charge >= 0.3 is 0 Å². The molecule has 1 N–H and O–H groups in total. The summed E-state index contributed by atoms with van der Waals surface area (Å²) in [6.45, 7) is 0. The van der Waals surface area contributed by atoms with Crippen LogP contribution in [-0.2, 0) is 11.2 Å². The van der Waals surface area contributed by atoms with Crippen molar-refractivity contribution in [3.05, 3.63) is 70.3 Å². The molecule has 1 aliphatic carbocycles. The molecule has 1 aliphatic rings. The van der Waals surface area contributed by atoms with Gasteiger partial charge in [0.1, 0.15) is 5.76 Å². The van der Waals surface area contributed by atoms with Gasteiger partial charge in [-0.2, -0.15) is 0 Å². The highest BCUT2D eigenvalue weighted by molar-refractivity contribution is 7.99. The van der Waals surface area contributed by atoms with Crippen molar-refractivity contribution < 1.29 is 9.90 Å². The number of fused-ring (bicyclic) bond motifs is 1. The molecule has 0 heterocycles. The second-order valence-corrected chi connectivity index (χ2v) is 6.98. The molecule has 0 aromatic heterocycles. The Morgan fingerprint density at radius 3 is 2.65 bits per heavy atom. The second kappa shape index (κ2) is 7.24. The second-order valence-electron chi connectivity index (χ2n) is 5.44. The van der Waals surface area contributed by atoms with Gasteiger partial charge in [0.05, 0.1) is 5.02 Å². The summed E-state index contributed by atoms with van der Waals surface area (Å²) in [5, 5.41) is 11.1. The molecule has 0 fully saturated rings. The van der Waals surface area contributed by atoms with E-state index in [1.165, 1.54) is 0 Å². The van der Waals surface area contributed by atoms with Crippen LogP contribution in [-0.4, -0.2) is 16.6 Å². The van der Waals surface area contributed by atoms with Crippen molar-refractivity contribution in [1.82, 2.24) is 0 Å². The van der Waals surface area contributed by atoms with Crippen LogP contribution >= 0.6 is 23.4 Å². The van der Waals surface area contributed by atoms with Gasteiger partial charge in [-0.25, -0.2) is 0 Å². The first-order valence-corrected chi connectivity index (χ1v) is 8.94. The molecule has 0 amide bonds. The highest BCUT2D eigenvalue weighted by atomic mass is 35.5. The zero-order valence-electron chi connectivity index (χ0n) is 12.6. The fourth-order valence-electron chi connectivity index (χ4n) is 2.75. The van der Waals surface area contributed by atoms with E-state index in [0.29, 0.717) is 29.2 Å². The summed E-state index contributed by atoms with van der Waals surface area (Å²) in [6.07, 6.45) is 1.81. The van der Waals surface area contributed by atoms with Crippen LogP contribution in [0.15, 0.2) is 59.0 Å². The van der Waals surface area contributed by atoms with Crippen molar-refractivity contribution in [3.8, 4) is 0 Å². The highest BCUT2D eigenvalue weighted by Crippen LogP contribution is 2.32. The largest absolute Gasteiger partial charge is 0.507 e. The molecular weight excluding hydrogens is 328 g/mol. The van der Waals surface area contributed by atoms with Gasteiger partial charge in [0.2, 0.25) is 0 Å². The van der Waals surface area contributed by atoms with Crippen LogP contribution in [0, 0.1) is 0 Å². The Balaban J connectivity index is 1.66. The van der Waals surface area contributed by atoms with Gasteiger partial charge in [0.25, 0.3) is 0 Å². The summed E-state index contributed by atoms with van der Waals surface area (Å²) in [6, 6.07) is 15.3. The number of carbonyl (C=O) groups excluding carboxylic acids is 1. The first-order valence-electron chi connectivity index (χ1n) is 7.57. The molecule has 0 saturated heterocycles. The van der Waals surface area contributed by atoms with Gasteiger partial charge in [0.15, 0.2) is 5.78 Å². The van der Waals surface area contributed by atoms with E-state index in [9.17, 15) is 9.90 Å². The van der Waals surface area contributed by atoms with Crippen molar-refractivity contribution in [2.24, 2.45) is 0 Å². The number of aliphatic hydroxyl groups is 1. The Morgan fingerprint density at radius 1 is 1.09 bits per heavy atom. The van der Waals surface area contributed by atoms with E-state index in [2.05, 4.69) is 0 Å². The molecule has 0 atom stereocenters. The van der Waals surface area contributed by atoms with E-state index in [1.807, 2.05) is 48.5 Å². The summed E-state index contributed by atoms with van der Waals surface area (Å²) in [7, 11) is 0. The minimum Gasteiger partial charge on any atom is -0.507 e. The maximum atomic E-state index is 12.4. The molecule has 3 rings (SSSR count). The van der Waals surface area contributed by atoms with Crippen molar-refractivity contribution in [3.63, 3.8) is 0 Å². The maximum absolute atomic E-state index is 12.4. The van der Waals surface area contributed by atoms with Gasteiger partial charge in [-0.3, -0.25) is 4.79 Å². The number of aryl methyl sites for hydroxylation is 1. The van der Waals surface area contributed by atoms with Gasteiger partial charge < -0.3 is 5.11 Å². The Labute approximate surface area is 145 Å². The van der Waals surface area contributed by atoms with Crippen LogP contribution < -0.4 is 0 Å². The van der Waals surface area contributed by atoms with Crippen LogP contribution in [0.5, 0.6) is 0 Å². The normalized spacial score (nSPS) is 13.8. The number of rotatable bonds is 5. The van der Waals surface area contributed by atoms with E-state index in [4.69, 9.17) is 11.6 Å². The number of hydrogen-bond donors (Lipinski definition) is 1. The Hall–Kier alpha value is -1.71. The molecule has 0 bridgehead atoms. The molecular formula is C19H17ClO2S. The van der Waals surface area contributed by atoms with Gasteiger partial charge in [0, 0.05) is 28.2 Å². The summed E-state index contributed by atoms with van der Waals surface area (Å²) in [5.41, 5.74) is 2.45. The van der Waals surface area contributed by atoms with Crippen LogP contribution in [0.1, 0.15) is 24.0 Å². The molecule has 4 heteroatoms. The average Bonchev–Trinajstić information content (AvgIpc) is 2.57. The summed E-state index contributed by atoms with van der Waals surface area (Å²) in [4.78, 5) is 13.4. The Kier molecular flexibility index (Phi) is 5.09. The minimum atomic E-state index is 0.0246. The van der Waals surface area contributed by atoms with E-state index in [1.54, 1.807) is 11.8 Å². The molecule has 0 radical (unpaired) electrons. The lowest BCUT2D eigenvalue weighted by Crippen LogP contribution is -2.13. The molecule has 0 saturated carbocycles. The maximum Gasteiger partial charge on any atom is 0.163 e. The van der Waals surface area contributed by atoms with Crippen LogP contribution in [0.4, 0.5) is 0 Å². The molecule has 2 nitrogen and oxygen atoms in total. The third-order valence-electron chi connectivity index (χ3n) is 3.96. The zero-order chi connectivity index (χ0) is 16.2. The minimum absolute atomic E-state index is 0.0246. The quantitative estimate of drug-likeness (QED) is 0.747. The zero-order valence-corrected chi connectivity index (χ0v) is 14.2. The molecule has 2 aromatic rings. The monoisotopic (exact) mass is 344 g/mol. The molecule has 118 valence electrons. The number of halogens is 1. The van der Waals surface area contributed by atoms with Crippen LogP contribution in [0.25, 0.3) is 5.76 Å². The average molecular weight is 345 g/mol. The number of Topliss-reactive ketones (excluding diaryl/α,β-unsaturated/α-hetero) is 1. The standard InChI is InChI=1S/C19H17ClO2S/c20-16-7-3-4-8-18(16)23-12-11-17(21)15-10-9-13-5-1-2-6-14(13)19(15)22/h1-8,22H,9-12H2. The van der Waals surface area contributed by atoms with E-state index in [-0.39, 0.29) is 11.5 Å². The van der Waals surface area contributed by atoms with E-state index >= 15 is 0 Å². The predicted molar refractivity (Wildman–Crippen MR) is 96.1 cm³/mol. The number of carbonyl (C=O) groups is 1. The summed E-state index contributed by atoms with van der Waals surface area (Å²) in [5.74, 6) is 0.831. The molecule has 23 heavy (non-hydrogen) atoms. The third kappa shape index (κ3) is 3.62. The van der Waals surface area contributed by atoms with Crippen LogP contribution in [0.2, 0.25) is 5.02 Å². The number of hydrogen-bond acceptors (Lipinski definition) is 3. The van der Waals surface area contributed by atoms with Crippen molar-refractivity contribution in [1.29, 1.82) is 0 Å². The summed E-state index contributed by atoms with van der Waals surface area (Å²) < 4.78 is 0. The first-order chi connectivity index (χ1) is 11.2. The number of ketones is 1. The number of allylic oxidation sites excluding steroid dienone is 1. The SMILES string of the molecule is O=C(CCSc1ccccc1Cl)C1=C(O)c2ccccc2CC1. The molecule has 0 unspecified atom stereocenters. The lowest BCUT2D eigenvalue weighted by molar-refractivity contribution is -0.115. The van der Waals surface area contributed by atoms with E-state index < -0.39 is 0 Å². The van der Waals surface area contributed by atoms with Crippen molar-refractivity contribution >= 4 is 34.9 Å². The van der Waals surface area contributed by atoms with E-state index in [0.717, 1.165) is 22.4 Å². The third-order valence-corrected chi connectivity index (χ3v) is 5.48. The number of benzene rings is 2. The van der Waals surface area contributed by atoms with Gasteiger partial charge in [-0.05, 0) is 30.5 Å². The van der Waals surface area contributed by atoms with Gasteiger partial charge in [-0.15, -0.1) is 11.8 Å². The number of thioether (sulfide) groups is 1. The molecule has 0 spiro atoms. The Morgan fingerprint density at radius 2 is 1.83 bits per heavy atom. The fourth-order valence-corrected chi connectivity index (χ4v) is 3.94. The molecule has 2 aromatic carbocycles. The smallest absolute Gasteiger partial charge is 0.163 e. The van der Waals surface area contributed by atoms with Crippen LogP contribution in [0.3, 0.4) is 0 Å². The lowest BCUT2D eigenvalue weighted by Gasteiger charge is -2.18. The predicted octanol–water partition coefficient (Wildman–Crippen LogP) is 5.31. The number of aliphatic hydroxyl groups excluding tert-OH is 1. The lowest BCUT2D eigenvalue weighted by atomic mass is 9.88. The fraction of sp³-hybridized carbons (Fsp3) is 0.211. The van der Waals surface area contributed by atoms with Crippen molar-refractivity contribution in [2.45, 2.75) is 24.2 Å². The highest BCUT2D eigenvalue weighted by Gasteiger charge is 2.22. The topological polar surface area (TPSA) is 37.3 Å².